The van der Waals surface area contributed by atoms with Crippen molar-refractivity contribution in [3.63, 3.8) is 0 Å². The molecule has 0 aliphatic carbocycles. The van der Waals surface area contributed by atoms with Crippen LogP contribution >= 0.6 is 0 Å². The number of aromatic carboxylic acids is 1. The number of carbonyl (C=O) groups is 3. The van der Waals surface area contributed by atoms with E-state index in [9.17, 15) is 14.4 Å². The molecule has 1 aliphatic rings. The van der Waals surface area contributed by atoms with Crippen LogP contribution in [0.4, 0.5) is 11.4 Å². The molecule has 1 aliphatic heterocycles. The first-order valence-electron chi connectivity index (χ1n) is 7.96. The molecule has 2 aromatic rings. The van der Waals surface area contributed by atoms with E-state index in [1.165, 1.54) is 12.1 Å². The lowest BCUT2D eigenvalue weighted by molar-refractivity contribution is -0.122. The number of rotatable bonds is 4. The third-order valence-electron chi connectivity index (χ3n) is 4.28. The van der Waals surface area contributed by atoms with Crippen LogP contribution in [-0.4, -0.2) is 29.4 Å². The summed E-state index contributed by atoms with van der Waals surface area (Å²) in [5, 5.41) is 11.7. The van der Waals surface area contributed by atoms with Crippen molar-refractivity contribution in [3.8, 4) is 0 Å². The number of carboxylic acids is 1. The molecule has 2 N–H and O–H groups in total. The van der Waals surface area contributed by atoms with E-state index in [-0.39, 0.29) is 23.8 Å². The molecule has 6 nitrogen and oxygen atoms in total. The van der Waals surface area contributed by atoms with E-state index >= 15 is 0 Å². The van der Waals surface area contributed by atoms with Gasteiger partial charge < -0.3 is 15.3 Å². The summed E-state index contributed by atoms with van der Waals surface area (Å²) in [6.07, 6.45) is 0.138. The van der Waals surface area contributed by atoms with Gasteiger partial charge in [-0.15, -0.1) is 0 Å². The van der Waals surface area contributed by atoms with E-state index < -0.39 is 11.9 Å². The predicted molar refractivity (Wildman–Crippen MR) is 93.7 cm³/mol. The van der Waals surface area contributed by atoms with Crippen molar-refractivity contribution in [2.75, 3.05) is 16.8 Å². The summed E-state index contributed by atoms with van der Waals surface area (Å²) in [6, 6.07) is 13.6. The summed E-state index contributed by atoms with van der Waals surface area (Å²) < 4.78 is 0. The predicted octanol–water partition coefficient (Wildman–Crippen LogP) is 2.68. The number of nitrogens with one attached hydrogen (secondary N) is 1. The molecule has 0 unspecified atom stereocenters. The lowest BCUT2D eigenvalue weighted by Crippen LogP contribution is -2.28. The lowest BCUT2D eigenvalue weighted by atomic mass is 10.1. The monoisotopic (exact) mass is 338 g/mol. The first-order chi connectivity index (χ1) is 12.0. The van der Waals surface area contributed by atoms with Crippen molar-refractivity contribution < 1.29 is 19.5 Å². The second-order valence-corrected chi connectivity index (χ2v) is 6.07. The van der Waals surface area contributed by atoms with Crippen molar-refractivity contribution in [1.82, 2.24) is 0 Å². The summed E-state index contributed by atoms with van der Waals surface area (Å²) in [5.41, 5.74) is 2.30. The molecule has 0 spiro atoms. The van der Waals surface area contributed by atoms with E-state index in [1.807, 2.05) is 31.2 Å². The number of benzene rings is 2. The normalized spacial score (nSPS) is 16.8. The highest BCUT2D eigenvalue weighted by atomic mass is 16.4. The molecule has 0 saturated carbocycles. The van der Waals surface area contributed by atoms with Crippen LogP contribution in [0.1, 0.15) is 22.3 Å². The Hall–Kier alpha value is -3.15. The van der Waals surface area contributed by atoms with Gasteiger partial charge in [0.15, 0.2) is 0 Å². The van der Waals surface area contributed by atoms with Crippen LogP contribution in [0.25, 0.3) is 0 Å². The Labute approximate surface area is 145 Å². The quantitative estimate of drug-likeness (QED) is 0.897. The highest BCUT2D eigenvalue weighted by molar-refractivity contribution is 6.04. The minimum Gasteiger partial charge on any atom is -0.478 e. The topological polar surface area (TPSA) is 86.7 Å². The number of hydrogen-bond donors (Lipinski definition) is 2. The number of carbonyl (C=O) groups excluding carboxylic acids is 2. The van der Waals surface area contributed by atoms with Gasteiger partial charge >= 0.3 is 5.97 Å². The minimum absolute atomic E-state index is 0.0891. The van der Waals surface area contributed by atoms with E-state index in [0.29, 0.717) is 12.2 Å². The Bertz CT molecular complexity index is 847. The highest BCUT2D eigenvalue weighted by Crippen LogP contribution is 2.28. The molecule has 0 bridgehead atoms. The van der Waals surface area contributed by atoms with Crippen LogP contribution in [0.5, 0.6) is 0 Å². The average molecular weight is 338 g/mol. The molecule has 0 aromatic heterocycles. The van der Waals surface area contributed by atoms with Crippen molar-refractivity contribution in [2.45, 2.75) is 13.3 Å². The summed E-state index contributed by atoms with van der Waals surface area (Å²) in [5.74, 6) is -1.90. The van der Waals surface area contributed by atoms with E-state index in [1.54, 1.807) is 17.0 Å². The zero-order chi connectivity index (χ0) is 18.0. The SMILES string of the molecule is Cc1ccccc1N1C[C@H](C(=O)Nc2cccc(C(=O)O)c2)CC1=O. The fraction of sp³-hybridized carbons (Fsp3) is 0.211. The summed E-state index contributed by atoms with van der Waals surface area (Å²) >= 11 is 0. The molecule has 2 aromatic carbocycles. The maximum atomic E-state index is 12.5. The van der Waals surface area contributed by atoms with E-state index in [4.69, 9.17) is 5.11 Å². The van der Waals surface area contributed by atoms with Gasteiger partial charge in [0.05, 0.1) is 11.5 Å². The zero-order valence-corrected chi connectivity index (χ0v) is 13.7. The second kappa shape index (κ2) is 6.76. The fourth-order valence-corrected chi connectivity index (χ4v) is 2.96. The molecular weight excluding hydrogens is 320 g/mol. The molecule has 2 amide bonds. The Morgan fingerprint density at radius 2 is 1.92 bits per heavy atom. The van der Waals surface area contributed by atoms with Crippen LogP contribution in [0.15, 0.2) is 48.5 Å². The van der Waals surface area contributed by atoms with Gasteiger partial charge in [0.2, 0.25) is 11.8 Å². The number of carboxylic acid groups (broad SMARTS) is 1. The molecule has 0 radical (unpaired) electrons. The maximum absolute atomic E-state index is 12.5. The summed E-state index contributed by atoms with van der Waals surface area (Å²) in [6.45, 7) is 2.24. The minimum atomic E-state index is -1.06. The molecule has 6 heteroatoms. The van der Waals surface area contributed by atoms with Gasteiger partial charge in [-0.25, -0.2) is 4.79 Å². The van der Waals surface area contributed by atoms with Crippen molar-refractivity contribution >= 4 is 29.2 Å². The molecular formula is C19H18N2O4. The number of anilines is 2. The standard InChI is InChI=1S/C19H18N2O4/c1-12-5-2-3-8-16(12)21-11-14(10-17(21)22)18(23)20-15-7-4-6-13(9-15)19(24)25/h2-9,14H,10-11H2,1H3,(H,20,23)(H,24,25)/t14-/m1/s1. The third-order valence-corrected chi connectivity index (χ3v) is 4.28. The van der Waals surface area contributed by atoms with Gasteiger partial charge in [-0.05, 0) is 36.8 Å². The molecule has 1 atom stereocenters. The van der Waals surface area contributed by atoms with Crippen LogP contribution < -0.4 is 10.2 Å². The smallest absolute Gasteiger partial charge is 0.335 e. The fourth-order valence-electron chi connectivity index (χ4n) is 2.96. The van der Waals surface area contributed by atoms with E-state index in [0.717, 1.165) is 11.3 Å². The number of para-hydroxylation sites is 1. The molecule has 1 saturated heterocycles. The first kappa shape index (κ1) is 16.7. The maximum Gasteiger partial charge on any atom is 0.335 e. The molecule has 1 fully saturated rings. The molecule has 25 heavy (non-hydrogen) atoms. The molecule has 3 rings (SSSR count). The highest BCUT2D eigenvalue weighted by Gasteiger charge is 2.35. The lowest BCUT2D eigenvalue weighted by Gasteiger charge is -2.19. The van der Waals surface area contributed by atoms with Gasteiger partial charge in [0.25, 0.3) is 0 Å². The van der Waals surface area contributed by atoms with Crippen LogP contribution in [0.2, 0.25) is 0 Å². The molecule has 128 valence electrons. The van der Waals surface area contributed by atoms with Gasteiger partial charge in [0.1, 0.15) is 0 Å². The first-order valence-corrected chi connectivity index (χ1v) is 7.96. The average Bonchev–Trinajstić information content (AvgIpc) is 2.97. The Balaban J connectivity index is 1.72. The molecule has 1 heterocycles. The van der Waals surface area contributed by atoms with Crippen LogP contribution in [-0.2, 0) is 9.59 Å². The van der Waals surface area contributed by atoms with Gasteiger partial charge in [0, 0.05) is 24.3 Å². The van der Waals surface area contributed by atoms with Crippen molar-refractivity contribution in [2.24, 2.45) is 5.92 Å². The number of aryl methyl sites for hydroxylation is 1. The number of amides is 2. The van der Waals surface area contributed by atoms with Crippen molar-refractivity contribution in [1.29, 1.82) is 0 Å². The van der Waals surface area contributed by atoms with Crippen molar-refractivity contribution in [3.05, 3.63) is 59.7 Å². The Morgan fingerprint density at radius 3 is 2.64 bits per heavy atom. The Morgan fingerprint density at radius 1 is 1.16 bits per heavy atom. The summed E-state index contributed by atoms with van der Waals surface area (Å²) in [7, 11) is 0. The van der Waals surface area contributed by atoms with Crippen LogP contribution in [0, 0.1) is 12.8 Å². The van der Waals surface area contributed by atoms with Gasteiger partial charge in [-0.3, -0.25) is 9.59 Å². The number of hydrogen-bond acceptors (Lipinski definition) is 3. The van der Waals surface area contributed by atoms with Crippen LogP contribution in [0.3, 0.4) is 0 Å². The van der Waals surface area contributed by atoms with Gasteiger partial charge in [-0.1, -0.05) is 24.3 Å². The van der Waals surface area contributed by atoms with Gasteiger partial charge in [-0.2, -0.15) is 0 Å². The third kappa shape index (κ3) is 3.52. The summed E-state index contributed by atoms with van der Waals surface area (Å²) in [4.78, 5) is 37.4. The van der Waals surface area contributed by atoms with E-state index in [2.05, 4.69) is 5.32 Å². The second-order valence-electron chi connectivity index (χ2n) is 6.07. The zero-order valence-electron chi connectivity index (χ0n) is 13.7. The largest absolute Gasteiger partial charge is 0.478 e. The Kier molecular flexibility index (Phi) is 4.52. The number of nitrogens with zero attached hydrogens (tertiary/aromatic N) is 1.